The van der Waals surface area contributed by atoms with Gasteiger partial charge in [0.2, 0.25) is 0 Å². The Labute approximate surface area is 126 Å². The monoisotopic (exact) mass is 275 g/mol. The fourth-order valence-corrected chi connectivity index (χ4v) is 2.86. The molecule has 1 N–H and O–H groups in total. The molecule has 1 nitrogen and oxygen atoms in total. The Bertz CT molecular complexity index is 774. The molecule has 0 aliphatic rings. The summed E-state index contributed by atoms with van der Waals surface area (Å²) in [5.41, 5.74) is 5.30. The number of aryl methyl sites for hydroxylation is 2. The zero-order valence-corrected chi connectivity index (χ0v) is 12.9. The van der Waals surface area contributed by atoms with Gasteiger partial charge in [-0.05, 0) is 60.0 Å². The molecule has 0 aliphatic heterocycles. The van der Waals surface area contributed by atoms with Crippen LogP contribution in [0.15, 0.2) is 60.7 Å². The molecule has 0 aromatic heterocycles. The zero-order valence-electron chi connectivity index (χ0n) is 12.9. The smallest absolute Gasteiger partial charge is 0.0574 e. The minimum atomic E-state index is 0.230. The maximum absolute atomic E-state index is 3.45. The van der Waals surface area contributed by atoms with E-state index in [1.807, 2.05) is 7.05 Å². The second-order valence-corrected chi connectivity index (χ2v) is 5.67. The summed E-state index contributed by atoms with van der Waals surface area (Å²) in [5.74, 6) is 0. The molecule has 0 bridgehead atoms. The SMILES string of the molecule is CNC(c1ccc(C)c(C)c1)c1ccc2ccccc2c1. The third-order valence-electron chi connectivity index (χ3n) is 4.26. The summed E-state index contributed by atoms with van der Waals surface area (Å²) in [6.07, 6.45) is 0. The zero-order chi connectivity index (χ0) is 14.8. The van der Waals surface area contributed by atoms with Crippen molar-refractivity contribution in [2.24, 2.45) is 0 Å². The molecule has 1 atom stereocenters. The molecule has 0 fully saturated rings. The predicted octanol–water partition coefficient (Wildman–Crippen LogP) is 4.77. The second kappa shape index (κ2) is 5.71. The lowest BCUT2D eigenvalue weighted by atomic mass is 9.94. The van der Waals surface area contributed by atoms with Gasteiger partial charge in [-0.25, -0.2) is 0 Å². The summed E-state index contributed by atoms with van der Waals surface area (Å²) < 4.78 is 0. The van der Waals surface area contributed by atoms with Gasteiger partial charge in [0.1, 0.15) is 0 Å². The van der Waals surface area contributed by atoms with Crippen molar-refractivity contribution in [3.63, 3.8) is 0 Å². The quantitative estimate of drug-likeness (QED) is 0.726. The van der Waals surface area contributed by atoms with E-state index in [9.17, 15) is 0 Å². The maximum Gasteiger partial charge on any atom is 0.0574 e. The van der Waals surface area contributed by atoms with E-state index in [0.717, 1.165) is 0 Å². The number of nitrogens with one attached hydrogen (secondary N) is 1. The molecule has 0 radical (unpaired) electrons. The molecular formula is C20H21N. The number of hydrogen-bond donors (Lipinski definition) is 1. The van der Waals surface area contributed by atoms with E-state index >= 15 is 0 Å². The van der Waals surface area contributed by atoms with Gasteiger partial charge in [0.05, 0.1) is 6.04 Å². The Balaban J connectivity index is 2.06. The van der Waals surface area contributed by atoms with Crippen LogP contribution in [0.25, 0.3) is 10.8 Å². The highest BCUT2D eigenvalue weighted by atomic mass is 14.9. The Morgan fingerprint density at radius 1 is 0.714 bits per heavy atom. The summed E-state index contributed by atoms with van der Waals surface area (Å²) >= 11 is 0. The third-order valence-corrected chi connectivity index (χ3v) is 4.26. The highest BCUT2D eigenvalue weighted by Gasteiger charge is 2.12. The average molecular weight is 275 g/mol. The molecule has 21 heavy (non-hydrogen) atoms. The van der Waals surface area contributed by atoms with Crippen molar-refractivity contribution >= 4 is 10.8 Å². The first-order valence-electron chi connectivity index (χ1n) is 7.42. The lowest BCUT2D eigenvalue weighted by molar-refractivity contribution is 0.692. The largest absolute Gasteiger partial charge is 0.309 e. The predicted molar refractivity (Wildman–Crippen MR) is 90.8 cm³/mol. The van der Waals surface area contributed by atoms with E-state index < -0.39 is 0 Å². The molecular weight excluding hydrogens is 254 g/mol. The fourth-order valence-electron chi connectivity index (χ4n) is 2.86. The van der Waals surface area contributed by atoms with E-state index in [1.54, 1.807) is 0 Å². The molecule has 0 saturated heterocycles. The van der Waals surface area contributed by atoms with Crippen molar-refractivity contribution in [1.29, 1.82) is 0 Å². The number of benzene rings is 3. The van der Waals surface area contributed by atoms with E-state index in [2.05, 4.69) is 79.8 Å². The Hall–Kier alpha value is -2.12. The highest BCUT2D eigenvalue weighted by Crippen LogP contribution is 2.26. The molecule has 0 amide bonds. The van der Waals surface area contributed by atoms with Crippen LogP contribution >= 0.6 is 0 Å². The van der Waals surface area contributed by atoms with Crippen LogP contribution in [-0.4, -0.2) is 7.05 Å². The lowest BCUT2D eigenvalue weighted by Crippen LogP contribution is -2.17. The van der Waals surface area contributed by atoms with Gasteiger partial charge < -0.3 is 5.32 Å². The van der Waals surface area contributed by atoms with Crippen LogP contribution < -0.4 is 5.32 Å². The van der Waals surface area contributed by atoms with Gasteiger partial charge in [0, 0.05) is 0 Å². The van der Waals surface area contributed by atoms with Crippen LogP contribution in [-0.2, 0) is 0 Å². The summed E-state index contributed by atoms with van der Waals surface area (Å²) in [5, 5.41) is 6.02. The summed E-state index contributed by atoms with van der Waals surface area (Å²) in [7, 11) is 2.02. The summed E-state index contributed by atoms with van der Waals surface area (Å²) in [4.78, 5) is 0. The number of hydrogen-bond acceptors (Lipinski definition) is 1. The van der Waals surface area contributed by atoms with Crippen LogP contribution in [0.3, 0.4) is 0 Å². The Morgan fingerprint density at radius 2 is 1.38 bits per heavy atom. The van der Waals surface area contributed by atoms with E-state index in [4.69, 9.17) is 0 Å². The molecule has 0 aliphatic carbocycles. The molecule has 3 rings (SSSR count). The molecule has 0 spiro atoms. The number of fused-ring (bicyclic) bond motifs is 1. The van der Waals surface area contributed by atoms with Crippen molar-refractivity contribution < 1.29 is 0 Å². The van der Waals surface area contributed by atoms with Gasteiger partial charge in [-0.1, -0.05) is 54.6 Å². The molecule has 0 heterocycles. The average Bonchev–Trinajstić information content (AvgIpc) is 2.51. The van der Waals surface area contributed by atoms with Gasteiger partial charge in [-0.2, -0.15) is 0 Å². The van der Waals surface area contributed by atoms with Crippen LogP contribution in [0.5, 0.6) is 0 Å². The minimum absolute atomic E-state index is 0.230. The van der Waals surface area contributed by atoms with Gasteiger partial charge in [0.15, 0.2) is 0 Å². The van der Waals surface area contributed by atoms with Crippen molar-refractivity contribution in [2.75, 3.05) is 7.05 Å². The third kappa shape index (κ3) is 2.70. The maximum atomic E-state index is 3.45. The van der Waals surface area contributed by atoms with Gasteiger partial charge in [0.25, 0.3) is 0 Å². The van der Waals surface area contributed by atoms with Crippen molar-refractivity contribution in [1.82, 2.24) is 5.32 Å². The van der Waals surface area contributed by atoms with Gasteiger partial charge in [-0.15, -0.1) is 0 Å². The Kier molecular flexibility index (Phi) is 3.76. The van der Waals surface area contributed by atoms with Crippen molar-refractivity contribution in [2.45, 2.75) is 19.9 Å². The standard InChI is InChI=1S/C20H21N/c1-14-8-9-18(12-15(14)2)20(21-3)19-11-10-16-6-4-5-7-17(16)13-19/h4-13,20-21H,1-3H3. The fraction of sp³-hybridized carbons (Fsp3) is 0.200. The van der Waals surface area contributed by atoms with Crippen molar-refractivity contribution in [3.05, 3.63) is 82.9 Å². The van der Waals surface area contributed by atoms with E-state index in [-0.39, 0.29) is 6.04 Å². The molecule has 106 valence electrons. The van der Waals surface area contributed by atoms with Crippen LogP contribution in [0.2, 0.25) is 0 Å². The second-order valence-electron chi connectivity index (χ2n) is 5.67. The lowest BCUT2D eigenvalue weighted by Gasteiger charge is -2.19. The normalized spacial score (nSPS) is 12.5. The molecule has 1 heteroatoms. The highest BCUT2D eigenvalue weighted by molar-refractivity contribution is 5.83. The molecule has 1 unspecified atom stereocenters. The minimum Gasteiger partial charge on any atom is -0.309 e. The van der Waals surface area contributed by atoms with E-state index in [0.29, 0.717) is 0 Å². The number of rotatable bonds is 3. The van der Waals surface area contributed by atoms with E-state index in [1.165, 1.54) is 33.0 Å². The first-order valence-corrected chi connectivity index (χ1v) is 7.42. The summed E-state index contributed by atoms with van der Waals surface area (Å²) in [6.45, 7) is 4.33. The topological polar surface area (TPSA) is 12.0 Å². The summed E-state index contributed by atoms with van der Waals surface area (Å²) in [6, 6.07) is 22.2. The molecule has 3 aromatic rings. The van der Waals surface area contributed by atoms with Crippen LogP contribution in [0.1, 0.15) is 28.3 Å². The van der Waals surface area contributed by atoms with Crippen LogP contribution in [0, 0.1) is 13.8 Å². The Morgan fingerprint density at radius 3 is 2.10 bits per heavy atom. The first-order chi connectivity index (χ1) is 10.2. The van der Waals surface area contributed by atoms with Crippen molar-refractivity contribution in [3.8, 4) is 0 Å². The van der Waals surface area contributed by atoms with Gasteiger partial charge in [-0.3, -0.25) is 0 Å². The first kappa shape index (κ1) is 13.8. The molecule has 3 aromatic carbocycles. The van der Waals surface area contributed by atoms with Gasteiger partial charge >= 0.3 is 0 Å². The van der Waals surface area contributed by atoms with Crippen LogP contribution in [0.4, 0.5) is 0 Å². The molecule has 0 saturated carbocycles.